The smallest absolute Gasteiger partial charge is 0.417 e. The van der Waals surface area contributed by atoms with Crippen molar-refractivity contribution in [2.75, 3.05) is 32.1 Å². The number of methoxy groups -OCH3 is 1. The maximum absolute atomic E-state index is 14.0. The normalized spacial score (nSPS) is 16.5. The number of fused-ring (bicyclic) bond motifs is 1. The number of likely N-dealkylation sites (tertiary alicyclic amines) is 1. The summed E-state index contributed by atoms with van der Waals surface area (Å²) in [6.45, 7) is 11.7. The molecule has 2 aromatic heterocycles. The number of carbonyl (C=O) groups excluding carboxylic acids is 3. The molecular weight excluding hydrogens is 626 g/mol. The van der Waals surface area contributed by atoms with Crippen molar-refractivity contribution in [2.24, 2.45) is 0 Å². The number of aromatic amines is 1. The Morgan fingerprint density at radius 3 is 2.49 bits per heavy atom. The van der Waals surface area contributed by atoms with Crippen molar-refractivity contribution < 1.29 is 33.3 Å². The number of amides is 3. The molecule has 1 saturated heterocycles. The van der Waals surface area contributed by atoms with Crippen molar-refractivity contribution in [2.45, 2.75) is 78.0 Å². The minimum atomic E-state index is -0.780. The van der Waals surface area contributed by atoms with Crippen molar-refractivity contribution in [1.29, 1.82) is 0 Å². The van der Waals surface area contributed by atoms with Crippen molar-refractivity contribution in [3.05, 3.63) is 52.9 Å². The lowest BCUT2D eigenvalue weighted by Gasteiger charge is -2.29. The van der Waals surface area contributed by atoms with E-state index in [1.807, 2.05) is 20.8 Å². The number of aromatic nitrogens is 2. The van der Waals surface area contributed by atoms with Crippen molar-refractivity contribution >= 4 is 41.1 Å². The van der Waals surface area contributed by atoms with E-state index in [-0.39, 0.29) is 30.9 Å². The Kier molecular flexibility index (Phi) is 9.63. The van der Waals surface area contributed by atoms with Crippen LogP contribution in [0.3, 0.4) is 0 Å². The van der Waals surface area contributed by atoms with E-state index < -0.39 is 23.2 Å². The number of hydrogen-bond donors (Lipinski definition) is 2. The molecule has 0 radical (unpaired) electrons. The van der Waals surface area contributed by atoms with E-state index >= 15 is 0 Å². The summed E-state index contributed by atoms with van der Waals surface area (Å²) in [7, 11) is 1.51. The molecule has 2 aliphatic rings. The van der Waals surface area contributed by atoms with Crippen LogP contribution in [-0.4, -0.2) is 81.9 Å². The number of imide groups is 1. The molecule has 3 aromatic rings. The topological polar surface area (TPSA) is 135 Å². The van der Waals surface area contributed by atoms with E-state index in [0.29, 0.717) is 57.8 Å². The zero-order chi connectivity index (χ0) is 34.1. The Morgan fingerprint density at radius 1 is 1.06 bits per heavy atom. The predicted octanol–water partition coefficient (Wildman–Crippen LogP) is 7.19. The highest BCUT2D eigenvalue weighted by molar-refractivity contribution is 6.32. The first kappa shape index (κ1) is 33.9. The second kappa shape index (κ2) is 13.3. The molecule has 47 heavy (non-hydrogen) atoms. The van der Waals surface area contributed by atoms with E-state index in [4.69, 9.17) is 30.5 Å². The zero-order valence-electron chi connectivity index (χ0n) is 27.9. The molecule has 0 bridgehead atoms. The summed E-state index contributed by atoms with van der Waals surface area (Å²) in [5.74, 6) is 0.318. The second-order valence-corrected chi connectivity index (χ2v) is 13.9. The first-order valence-electron chi connectivity index (χ1n) is 15.6. The van der Waals surface area contributed by atoms with Crippen LogP contribution < -0.4 is 14.8 Å². The van der Waals surface area contributed by atoms with Crippen LogP contribution in [0.15, 0.2) is 36.7 Å². The summed E-state index contributed by atoms with van der Waals surface area (Å²) in [5, 5.41) is 3.74. The number of hydrogen-bond acceptors (Lipinski definition) is 9. The summed E-state index contributed by atoms with van der Waals surface area (Å²) >= 11 is 6.45. The number of para-hydroxylation sites is 1. The molecule has 0 unspecified atom stereocenters. The molecule has 1 fully saturated rings. The van der Waals surface area contributed by atoms with Gasteiger partial charge in [-0.05, 0) is 72.6 Å². The number of nitrogens with one attached hydrogen (secondary N) is 2. The van der Waals surface area contributed by atoms with Crippen LogP contribution >= 0.6 is 11.6 Å². The molecule has 3 amide bonds. The fourth-order valence-electron chi connectivity index (χ4n) is 5.66. The van der Waals surface area contributed by atoms with Crippen LogP contribution in [-0.2, 0) is 15.9 Å². The maximum Gasteiger partial charge on any atom is 0.417 e. The number of nitrogens with zero attached hydrogens (tertiary/aromatic N) is 3. The van der Waals surface area contributed by atoms with Crippen molar-refractivity contribution in [3.8, 4) is 22.8 Å². The van der Waals surface area contributed by atoms with Gasteiger partial charge in [-0.3, -0.25) is 9.78 Å². The van der Waals surface area contributed by atoms with Crippen LogP contribution in [0.25, 0.3) is 11.3 Å². The highest BCUT2D eigenvalue weighted by Crippen LogP contribution is 2.44. The summed E-state index contributed by atoms with van der Waals surface area (Å²) in [5.41, 5.74) is 1.63. The fraction of sp³-hybridized carbons (Fsp3) is 0.471. The largest absolute Gasteiger partial charge is 0.493 e. The molecule has 0 saturated carbocycles. The van der Waals surface area contributed by atoms with E-state index in [0.717, 1.165) is 17.7 Å². The molecule has 2 N–H and O–H groups in total. The lowest BCUT2D eigenvalue weighted by Crippen LogP contribution is -2.44. The molecule has 1 atom stereocenters. The van der Waals surface area contributed by atoms with Gasteiger partial charge in [0.2, 0.25) is 0 Å². The number of anilines is 2. The van der Waals surface area contributed by atoms with Gasteiger partial charge in [-0.15, -0.1) is 0 Å². The number of rotatable bonds is 7. The van der Waals surface area contributed by atoms with Gasteiger partial charge in [-0.2, -0.15) is 0 Å². The summed E-state index contributed by atoms with van der Waals surface area (Å²) < 4.78 is 23.1. The zero-order valence-corrected chi connectivity index (χ0v) is 28.6. The average Bonchev–Trinajstić information content (AvgIpc) is 3.60. The van der Waals surface area contributed by atoms with Crippen LogP contribution in [0.5, 0.6) is 11.5 Å². The van der Waals surface area contributed by atoms with Gasteiger partial charge in [0.15, 0.2) is 5.75 Å². The Labute approximate surface area is 279 Å². The summed E-state index contributed by atoms with van der Waals surface area (Å²) in [4.78, 5) is 50.5. The lowest BCUT2D eigenvalue weighted by atomic mass is 10.0. The molecule has 12 nitrogen and oxygen atoms in total. The molecule has 1 aromatic carbocycles. The molecule has 252 valence electrons. The highest BCUT2D eigenvalue weighted by atomic mass is 35.5. The first-order valence-corrected chi connectivity index (χ1v) is 16.0. The Hall–Kier alpha value is -4.45. The third kappa shape index (κ3) is 7.59. The monoisotopic (exact) mass is 667 g/mol. The number of benzene rings is 1. The number of halogens is 1. The van der Waals surface area contributed by atoms with Gasteiger partial charge in [0.1, 0.15) is 23.6 Å². The van der Waals surface area contributed by atoms with Crippen LogP contribution in [0.2, 0.25) is 5.02 Å². The minimum Gasteiger partial charge on any atom is -0.493 e. The van der Waals surface area contributed by atoms with Crippen LogP contribution in [0, 0.1) is 0 Å². The van der Waals surface area contributed by atoms with Gasteiger partial charge >= 0.3 is 12.2 Å². The summed E-state index contributed by atoms with van der Waals surface area (Å²) in [6.07, 6.45) is 4.10. The third-order valence-electron chi connectivity index (χ3n) is 7.66. The van der Waals surface area contributed by atoms with E-state index in [2.05, 4.69) is 15.3 Å². The van der Waals surface area contributed by atoms with Crippen LogP contribution in [0.1, 0.15) is 70.4 Å². The third-order valence-corrected chi connectivity index (χ3v) is 7.95. The van der Waals surface area contributed by atoms with Gasteiger partial charge in [0, 0.05) is 37.0 Å². The quantitative estimate of drug-likeness (QED) is 0.268. The van der Waals surface area contributed by atoms with E-state index in [1.165, 1.54) is 7.11 Å². The molecule has 4 heterocycles. The van der Waals surface area contributed by atoms with Crippen molar-refractivity contribution in [3.63, 3.8) is 0 Å². The van der Waals surface area contributed by atoms with E-state index in [1.54, 1.807) is 62.3 Å². The van der Waals surface area contributed by atoms with Gasteiger partial charge in [0.25, 0.3) is 5.91 Å². The molecular formula is C34H42ClN5O7. The molecule has 5 rings (SSSR count). The Balaban J connectivity index is 1.52. The molecule has 2 aliphatic heterocycles. The average molecular weight is 668 g/mol. The SMILES string of the molecule is COc1c(Cl)cccc1Nc1c(-c2ccncc2OC[C@H]2CCCN2C(=O)OC(C)(C)C)[nH]c2c1C(=O)N(C(=O)OC(C)(C)C)CC2. The summed E-state index contributed by atoms with van der Waals surface area (Å²) in [6, 6.07) is 6.84. The van der Waals surface area contributed by atoms with Gasteiger partial charge < -0.3 is 34.1 Å². The number of carbonyl (C=O) groups is 3. The van der Waals surface area contributed by atoms with Gasteiger partial charge in [0.05, 0.1) is 47.0 Å². The Bertz CT molecular complexity index is 1660. The molecule has 13 heteroatoms. The maximum atomic E-state index is 14.0. The van der Waals surface area contributed by atoms with Crippen LogP contribution in [0.4, 0.5) is 21.0 Å². The van der Waals surface area contributed by atoms with Crippen molar-refractivity contribution in [1.82, 2.24) is 19.8 Å². The Morgan fingerprint density at radius 2 is 1.79 bits per heavy atom. The molecule has 0 aliphatic carbocycles. The molecule has 0 spiro atoms. The number of pyridine rings is 1. The first-order chi connectivity index (χ1) is 22.2. The van der Waals surface area contributed by atoms with Gasteiger partial charge in [-0.25, -0.2) is 14.5 Å². The fourth-order valence-corrected chi connectivity index (χ4v) is 5.91. The predicted molar refractivity (Wildman–Crippen MR) is 178 cm³/mol. The van der Waals surface area contributed by atoms with Gasteiger partial charge in [-0.1, -0.05) is 17.7 Å². The lowest BCUT2D eigenvalue weighted by molar-refractivity contribution is 0.0184. The highest BCUT2D eigenvalue weighted by Gasteiger charge is 2.38. The standard InChI is InChI=1S/C34H42ClN5O7/c1-33(2,3)46-31(42)39-16-9-10-20(39)19-45-25-18-36-15-13-21(25)27-28(38-24-12-8-11-22(35)29(24)44-7)26-23(37-27)14-17-40(30(26)41)32(43)47-34(4,5)6/h8,11-13,15,18,20,37-38H,9-10,14,16-17,19H2,1-7H3/t20-/m1/s1. The second-order valence-electron chi connectivity index (χ2n) is 13.5. The van der Waals surface area contributed by atoms with E-state index in [9.17, 15) is 14.4 Å². The number of ether oxygens (including phenoxy) is 4. The number of H-pyrrole nitrogens is 1. The minimum absolute atomic E-state index is 0.141.